The van der Waals surface area contributed by atoms with E-state index in [4.69, 9.17) is 4.84 Å². The fourth-order valence-electron chi connectivity index (χ4n) is 2.90. The van der Waals surface area contributed by atoms with Crippen LogP contribution in [0.3, 0.4) is 0 Å². The summed E-state index contributed by atoms with van der Waals surface area (Å²) in [6.07, 6.45) is 4.57. The Morgan fingerprint density at radius 3 is 2.77 bits per heavy atom. The van der Waals surface area contributed by atoms with Gasteiger partial charge in [0.2, 0.25) is 0 Å². The molecule has 132 valence electrons. The van der Waals surface area contributed by atoms with Gasteiger partial charge in [-0.3, -0.25) is 0 Å². The molecule has 0 spiro atoms. The molecule has 0 atom stereocenters. The zero-order valence-electron chi connectivity index (χ0n) is 13.7. The summed E-state index contributed by atoms with van der Waals surface area (Å²) in [4.78, 5) is 31.7. The second-order valence-corrected chi connectivity index (χ2v) is 7.88. The summed E-state index contributed by atoms with van der Waals surface area (Å²) >= 11 is 2.91. The van der Waals surface area contributed by atoms with Gasteiger partial charge in [-0.05, 0) is 36.3 Å². The van der Waals surface area contributed by atoms with E-state index in [9.17, 15) is 14.7 Å². The number of rotatable bonds is 3. The third kappa shape index (κ3) is 3.15. The maximum Gasteiger partial charge on any atom is 0.363 e. The van der Waals surface area contributed by atoms with Crippen LogP contribution in [0.2, 0.25) is 0 Å². The number of carbonyl (C=O) groups excluding carboxylic acids is 1. The molecule has 0 aliphatic carbocycles. The minimum atomic E-state index is -0.908. The Morgan fingerprint density at radius 1 is 1.19 bits per heavy atom. The molecule has 0 saturated heterocycles. The zero-order valence-corrected chi connectivity index (χ0v) is 15.3. The highest BCUT2D eigenvalue weighted by molar-refractivity contribution is 8.08. The molecule has 0 saturated carbocycles. The monoisotopic (exact) mass is 385 g/mol. The molecule has 1 aromatic carbocycles. The number of aromatic carboxylic acids is 1. The van der Waals surface area contributed by atoms with E-state index in [1.807, 2.05) is 18.2 Å². The van der Waals surface area contributed by atoms with Gasteiger partial charge < -0.3 is 9.94 Å². The molecule has 2 aliphatic rings. The fraction of sp³-hybridized carbons (Fsp3) is 0.158. The normalized spacial score (nSPS) is 15.9. The van der Waals surface area contributed by atoms with Crippen molar-refractivity contribution in [3.8, 4) is 0 Å². The Hall–Kier alpha value is -2.51. The fourth-order valence-corrected chi connectivity index (χ4v) is 5.13. The topological polar surface area (TPSA) is 66.8 Å². The molecule has 7 heteroatoms. The van der Waals surface area contributed by atoms with Crippen LogP contribution in [0.4, 0.5) is 0 Å². The van der Waals surface area contributed by atoms with Gasteiger partial charge in [0.05, 0.1) is 22.7 Å². The number of thiophene rings is 1. The molecule has 1 aromatic heterocycles. The SMILES string of the molecule is O=C(ON1CCc2cc(C(=O)O)sc2C2=C1C=CCS2)c1ccccc1. The van der Waals surface area contributed by atoms with Crippen molar-refractivity contribution in [2.24, 2.45) is 0 Å². The van der Waals surface area contributed by atoms with Crippen LogP contribution in [0.15, 0.2) is 54.2 Å². The van der Waals surface area contributed by atoms with Gasteiger partial charge in [0.1, 0.15) is 4.88 Å². The molecule has 4 rings (SSSR count). The summed E-state index contributed by atoms with van der Waals surface area (Å²) in [6.45, 7) is 0.477. The average Bonchev–Trinajstić information content (AvgIpc) is 3.04. The first-order valence-electron chi connectivity index (χ1n) is 8.08. The Bertz CT molecular complexity index is 930. The molecule has 2 aromatic rings. The lowest BCUT2D eigenvalue weighted by molar-refractivity contribution is -0.0785. The second kappa shape index (κ2) is 7.01. The minimum Gasteiger partial charge on any atom is -0.477 e. The first kappa shape index (κ1) is 16.9. The highest BCUT2D eigenvalue weighted by atomic mass is 32.2. The van der Waals surface area contributed by atoms with E-state index in [1.54, 1.807) is 47.2 Å². The lowest BCUT2D eigenvalue weighted by Crippen LogP contribution is -2.28. The maximum atomic E-state index is 12.5. The van der Waals surface area contributed by atoms with Crippen molar-refractivity contribution in [3.63, 3.8) is 0 Å². The third-order valence-electron chi connectivity index (χ3n) is 4.11. The maximum absolute atomic E-state index is 12.5. The van der Waals surface area contributed by atoms with Crippen molar-refractivity contribution >= 4 is 39.9 Å². The number of benzene rings is 1. The van der Waals surface area contributed by atoms with E-state index < -0.39 is 11.9 Å². The van der Waals surface area contributed by atoms with E-state index >= 15 is 0 Å². The predicted molar refractivity (Wildman–Crippen MR) is 102 cm³/mol. The summed E-state index contributed by atoms with van der Waals surface area (Å²) in [5.41, 5.74) is 2.29. The summed E-state index contributed by atoms with van der Waals surface area (Å²) in [6, 6.07) is 10.6. The van der Waals surface area contributed by atoms with E-state index in [0.29, 0.717) is 23.4 Å². The zero-order chi connectivity index (χ0) is 18.1. The molecular weight excluding hydrogens is 370 g/mol. The number of hydrogen-bond acceptors (Lipinski definition) is 6. The minimum absolute atomic E-state index is 0.340. The predicted octanol–water partition coefficient (Wildman–Crippen LogP) is 4.05. The highest BCUT2D eigenvalue weighted by Gasteiger charge is 2.28. The van der Waals surface area contributed by atoms with E-state index in [-0.39, 0.29) is 0 Å². The molecule has 0 bridgehead atoms. The number of fused-ring (bicyclic) bond motifs is 2. The number of allylic oxidation sites excluding steroid dienone is 1. The first-order valence-corrected chi connectivity index (χ1v) is 9.88. The molecule has 2 aliphatic heterocycles. The quantitative estimate of drug-likeness (QED) is 0.860. The van der Waals surface area contributed by atoms with Gasteiger partial charge in [-0.15, -0.1) is 23.1 Å². The van der Waals surface area contributed by atoms with Crippen LogP contribution in [-0.2, 0) is 11.3 Å². The van der Waals surface area contributed by atoms with Crippen LogP contribution in [-0.4, -0.2) is 34.4 Å². The van der Waals surface area contributed by atoms with Gasteiger partial charge in [-0.2, -0.15) is 0 Å². The largest absolute Gasteiger partial charge is 0.477 e. The number of carboxylic acids is 1. The molecular formula is C19H15NO4S2. The molecule has 3 heterocycles. The van der Waals surface area contributed by atoms with Crippen LogP contribution >= 0.6 is 23.1 Å². The molecule has 0 radical (unpaired) electrons. The first-order chi connectivity index (χ1) is 12.6. The number of hydrogen-bond donors (Lipinski definition) is 1. The molecule has 5 nitrogen and oxygen atoms in total. The third-order valence-corrected chi connectivity index (χ3v) is 6.49. The van der Waals surface area contributed by atoms with Gasteiger partial charge >= 0.3 is 11.9 Å². The van der Waals surface area contributed by atoms with Gasteiger partial charge in [0, 0.05) is 10.6 Å². The molecule has 0 fully saturated rings. The Balaban J connectivity index is 1.68. The van der Waals surface area contributed by atoms with Crippen molar-refractivity contribution < 1.29 is 19.5 Å². The lowest BCUT2D eigenvalue weighted by Gasteiger charge is -2.25. The Kier molecular flexibility index (Phi) is 4.57. The van der Waals surface area contributed by atoms with Crippen molar-refractivity contribution in [1.82, 2.24) is 5.06 Å². The molecule has 26 heavy (non-hydrogen) atoms. The molecule has 1 N–H and O–H groups in total. The number of thioether (sulfide) groups is 1. The smallest absolute Gasteiger partial charge is 0.363 e. The van der Waals surface area contributed by atoms with Gasteiger partial charge in [-0.1, -0.05) is 24.3 Å². The van der Waals surface area contributed by atoms with E-state index in [1.165, 1.54) is 11.3 Å². The van der Waals surface area contributed by atoms with Crippen molar-refractivity contribution in [3.05, 3.63) is 75.1 Å². The van der Waals surface area contributed by atoms with E-state index in [0.717, 1.165) is 26.8 Å². The molecule has 0 amide bonds. The lowest BCUT2D eigenvalue weighted by atomic mass is 10.2. The average molecular weight is 385 g/mol. The van der Waals surface area contributed by atoms with E-state index in [2.05, 4.69) is 0 Å². The standard InChI is InChI=1S/C19H15NO4S2/c21-18(22)15-11-13-8-9-20(24-19(23)12-5-2-1-3-6-12)14-7-4-10-25-17(14)16(13)26-15/h1-7,11H,8-10H2,(H,21,22). The second-order valence-electron chi connectivity index (χ2n) is 5.79. The Labute approximate surface area is 158 Å². The number of carbonyl (C=O) groups is 2. The molecule has 0 unspecified atom stereocenters. The van der Waals surface area contributed by atoms with Gasteiger partial charge in [-0.25, -0.2) is 14.7 Å². The van der Waals surface area contributed by atoms with Crippen LogP contribution in [0, 0.1) is 0 Å². The summed E-state index contributed by atoms with van der Waals surface area (Å²) < 4.78 is 0. The summed E-state index contributed by atoms with van der Waals surface area (Å²) in [5.74, 6) is -0.508. The van der Waals surface area contributed by atoms with Crippen molar-refractivity contribution in [2.45, 2.75) is 6.42 Å². The van der Waals surface area contributed by atoms with Gasteiger partial charge in [0.15, 0.2) is 0 Å². The van der Waals surface area contributed by atoms with Crippen LogP contribution in [0.5, 0.6) is 0 Å². The summed E-state index contributed by atoms with van der Waals surface area (Å²) in [7, 11) is 0. The van der Waals surface area contributed by atoms with Gasteiger partial charge in [0.25, 0.3) is 0 Å². The summed E-state index contributed by atoms with van der Waals surface area (Å²) in [5, 5.41) is 10.9. The van der Waals surface area contributed by atoms with Crippen LogP contribution < -0.4 is 0 Å². The highest BCUT2D eigenvalue weighted by Crippen LogP contribution is 2.43. The number of carboxylic acid groups (broad SMARTS) is 1. The number of hydroxylamine groups is 2. The van der Waals surface area contributed by atoms with Crippen LogP contribution in [0.1, 0.15) is 30.5 Å². The van der Waals surface area contributed by atoms with Crippen molar-refractivity contribution in [1.29, 1.82) is 0 Å². The number of nitrogens with zero attached hydrogens (tertiary/aromatic N) is 1. The Morgan fingerprint density at radius 2 is 2.00 bits per heavy atom. The van der Waals surface area contributed by atoms with Crippen LogP contribution in [0.25, 0.3) is 4.91 Å². The van der Waals surface area contributed by atoms with Crippen molar-refractivity contribution in [2.75, 3.05) is 12.3 Å².